The molecule has 1 aliphatic heterocycles. The minimum atomic E-state index is -3.78. The fraction of sp³-hybridized carbons (Fsp3) is 0.692. The van der Waals surface area contributed by atoms with Crippen LogP contribution in [-0.2, 0) is 26.1 Å². The Kier molecular flexibility index (Phi) is 4.67. The van der Waals surface area contributed by atoms with Gasteiger partial charge in [-0.25, -0.2) is 13.4 Å². The summed E-state index contributed by atoms with van der Waals surface area (Å²) >= 11 is 0. The molecule has 0 aromatic carbocycles. The molecule has 2 heterocycles. The smallest absolute Gasteiger partial charge is 0.324 e. The summed E-state index contributed by atoms with van der Waals surface area (Å²) in [6.07, 6.45) is 3.56. The highest BCUT2D eigenvalue weighted by Crippen LogP contribution is 2.25. The average Bonchev–Trinajstić information content (AvgIpc) is 2.88. The van der Waals surface area contributed by atoms with Crippen LogP contribution in [0.2, 0.25) is 0 Å². The van der Waals surface area contributed by atoms with E-state index in [0.29, 0.717) is 25.3 Å². The van der Waals surface area contributed by atoms with Gasteiger partial charge in [0.15, 0.2) is 5.03 Å². The van der Waals surface area contributed by atoms with E-state index in [2.05, 4.69) is 4.98 Å². The van der Waals surface area contributed by atoms with E-state index in [9.17, 15) is 13.2 Å². The van der Waals surface area contributed by atoms with Crippen molar-refractivity contribution in [3.05, 3.63) is 12.0 Å². The highest BCUT2D eigenvalue weighted by atomic mass is 32.2. The Morgan fingerprint density at radius 3 is 2.76 bits per heavy atom. The summed E-state index contributed by atoms with van der Waals surface area (Å²) in [5.74, 6) is 0.132. The van der Waals surface area contributed by atoms with Crippen LogP contribution < -0.4 is 0 Å². The molecule has 0 saturated carbocycles. The van der Waals surface area contributed by atoms with Crippen molar-refractivity contribution < 1.29 is 17.9 Å². The van der Waals surface area contributed by atoms with Gasteiger partial charge in [-0.15, -0.1) is 0 Å². The van der Waals surface area contributed by atoms with E-state index in [0.717, 1.165) is 12.8 Å². The van der Waals surface area contributed by atoms with Crippen molar-refractivity contribution >= 4 is 16.0 Å². The van der Waals surface area contributed by atoms with Gasteiger partial charge in [0, 0.05) is 19.3 Å². The van der Waals surface area contributed by atoms with E-state index in [4.69, 9.17) is 4.74 Å². The van der Waals surface area contributed by atoms with Crippen LogP contribution >= 0.6 is 0 Å². The Labute approximate surface area is 125 Å². The molecule has 0 spiro atoms. The number of aryl methyl sites for hydroxylation is 2. The van der Waals surface area contributed by atoms with Gasteiger partial charge in [0.1, 0.15) is 11.9 Å². The minimum absolute atomic E-state index is 0.00217. The SMILES string of the molecule is CCn1cc(S(=O)(=O)N2CCCC[C@@H]2C(=O)OC)nc1C. The van der Waals surface area contributed by atoms with Crippen molar-refractivity contribution in [1.29, 1.82) is 0 Å². The molecule has 7 nitrogen and oxygen atoms in total. The highest BCUT2D eigenvalue weighted by Gasteiger charge is 2.39. The number of nitrogens with zero attached hydrogens (tertiary/aromatic N) is 3. The number of methoxy groups -OCH3 is 1. The first kappa shape index (κ1) is 16.0. The van der Waals surface area contributed by atoms with E-state index in [1.165, 1.54) is 17.6 Å². The number of carbonyl (C=O) groups excluding carboxylic acids is 1. The van der Waals surface area contributed by atoms with E-state index < -0.39 is 22.0 Å². The van der Waals surface area contributed by atoms with Crippen molar-refractivity contribution in [2.75, 3.05) is 13.7 Å². The number of hydrogen-bond donors (Lipinski definition) is 0. The predicted octanol–water partition coefficient (Wildman–Crippen LogP) is 0.928. The second-order valence-electron chi connectivity index (χ2n) is 5.06. The number of esters is 1. The second-order valence-corrected chi connectivity index (χ2v) is 6.90. The quantitative estimate of drug-likeness (QED) is 0.772. The summed E-state index contributed by atoms with van der Waals surface area (Å²) in [5, 5.41) is -0.00217. The zero-order valence-electron chi connectivity index (χ0n) is 12.6. The molecule has 118 valence electrons. The van der Waals surface area contributed by atoms with Gasteiger partial charge in [-0.2, -0.15) is 4.31 Å². The first-order valence-corrected chi connectivity index (χ1v) is 8.49. The van der Waals surface area contributed by atoms with Crippen LogP contribution in [0.25, 0.3) is 0 Å². The molecule has 0 radical (unpaired) electrons. The summed E-state index contributed by atoms with van der Waals surface area (Å²) < 4.78 is 33.2. The van der Waals surface area contributed by atoms with E-state index >= 15 is 0 Å². The molecule has 1 aromatic rings. The molecule has 0 bridgehead atoms. The zero-order valence-corrected chi connectivity index (χ0v) is 13.4. The van der Waals surface area contributed by atoms with Gasteiger partial charge in [0.25, 0.3) is 10.0 Å². The van der Waals surface area contributed by atoms with Crippen LogP contribution in [0.4, 0.5) is 0 Å². The van der Waals surface area contributed by atoms with Crippen LogP contribution in [-0.4, -0.2) is 47.9 Å². The molecule has 8 heteroatoms. The van der Waals surface area contributed by atoms with Crippen molar-refractivity contribution in [2.45, 2.75) is 50.7 Å². The van der Waals surface area contributed by atoms with E-state index in [1.54, 1.807) is 11.5 Å². The lowest BCUT2D eigenvalue weighted by Gasteiger charge is -2.31. The van der Waals surface area contributed by atoms with Gasteiger partial charge in [0.2, 0.25) is 0 Å². The molecule has 1 fully saturated rings. The number of carbonyl (C=O) groups is 1. The number of imidazole rings is 1. The summed E-state index contributed by atoms with van der Waals surface area (Å²) in [4.78, 5) is 16.0. The van der Waals surface area contributed by atoms with Crippen LogP contribution in [0.3, 0.4) is 0 Å². The Morgan fingerprint density at radius 1 is 1.48 bits per heavy atom. The lowest BCUT2D eigenvalue weighted by atomic mass is 10.1. The van der Waals surface area contributed by atoms with Crippen LogP contribution in [0, 0.1) is 6.92 Å². The van der Waals surface area contributed by atoms with Gasteiger partial charge in [0.05, 0.1) is 7.11 Å². The molecular weight excluding hydrogens is 294 g/mol. The molecule has 1 atom stereocenters. The average molecular weight is 315 g/mol. The maximum atomic E-state index is 12.7. The van der Waals surface area contributed by atoms with Crippen LogP contribution in [0.1, 0.15) is 32.0 Å². The highest BCUT2D eigenvalue weighted by molar-refractivity contribution is 7.89. The van der Waals surface area contributed by atoms with Crippen molar-refractivity contribution in [2.24, 2.45) is 0 Å². The van der Waals surface area contributed by atoms with Gasteiger partial charge in [-0.1, -0.05) is 0 Å². The van der Waals surface area contributed by atoms with Crippen molar-refractivity contribution in [3.8, 4) is 0 Å². The summed E-state index contributed by atoms with van der Waals surface area (Å²) in [6.45, 7) is 4.65. The standard InChI is InChI=1S/C13H21N3O4S/c1-4-15-9-12(14-10(15)2)21(18,19)16-8-6-5-7-11(16)13(17)20-3/h9,11H,4-8H2,1-3H3/t11-/m1/s1. The number of sulfonamides is 1. The second kappa shape index (κ2) is 6.15. The Bertz CT molecular complexity index is 623. The van der Waals surface area contributed by atoms with Crippen LogP contribution in [0.5, 0.6) is 0 Å². The first-order valence-electron chi connectivity index (χ1n) is 7.05. The molecule has 2 rings (SSSR count). The third-order valence-corrected chi connectivity index (χ3v) is 5.57. The minimum Gasteiger partial charge on any atom is -0.468 e. The van der Waals surface area contributed by atoms with Crippen molar-refractivity contribution in [3.63, 3.8) is 0 Å². The molecule has 0 N–H and O–H groups in total. The van der Waals surface area contributed by atoms with Crippen molar-refractivity contribution in [1.82, 2.24) is 13.9 Å². The number of hydrogen-bond acceptors (Lipinski definition) is 5. The lowest BCUT2D eigenvalue weighted by molar-refractivity contribution is -0.146. The molecule has 21 heavy (non-hydrogen) atoms. The predicted molar refractivity (Wildman–Crippen MR) is 76.2 cm³/mol. The Hall–Kier alpha value is -1.41. The van der Waals surface area contributed by atoms with Gasteiger partial charge < -0.3 is 9.30 Å². The largest absolute Gasteiger partial charge is 0.468 e. The molecule has 0 aliphatic carbocycles. The van der Waals surface area contributed by atoms with E-state index in [-0.39, 0.29) is 5.03 Å². The molecular formula is C13H21N3O4S. The Morgan fingerprint density at radius 2 is 2.19 bits per heavy atom. The number of ether oxygens (including phenoxy) is 1. The molecule has 1 aliphatic rings. The van der Waals surface area contributed by atoms with Gasteiger partial charge in [-0.3, -0.25) is 4.79 Å². The number of piperidine rings is 1. The molecule has 1 aromatic heterocycles. The summed E-state index contributed by atoms with van der Waals surface area (Å²) in [5.41, 5.74) is 0. The molecule has 1 saturated heterocycles. The summed E-state index contributed by atoms with van der Waals surface area (Å²) in [6, 6.07) is -0.749. The third kappa shape index (κ3) is 2.96. The maximum Gasteiger partial charge on any atom is 0.324 e. The Balaban J connectivity index is 2.37. The third-order valence-electron chi connectivity index (χ3n) is 3.79. The fourth-order valence-electron chi connectivity index (χ4n) is 2.61. The molecule has 0 unspecified atom stereocenters. The maximum absolute atomic E-state index is 12.7. The number of aromatic nitrogens is 2. The number of rotatable bonds is 4. The van der Waals surface area contributed by atoms with Gasteiger partial charge in [-0.05, 0) is 33.1 Å². The van der Waals surface area contributed by atoms with Crippen LogP contribution in [0.15, 0.2) is 11.2 Å². The first-order chi connectivity index (χ1) is 9.91. The lowest BCUT2D eigenvalue weighted by Crippen LogP contribution is -2.48. The zero-order chi connectivity index (χ0) is 15.6. The fourth-order valence-corrected chi connectivity index (χ4v) is 4.25. The normalized spacial score (nSPS) is 20.4. The van der Waals surface area contributed by atoms with Gasteiger partial charge >= 0.3 is 5.97 Å². The summed E-state index contributed by atoms with van der Waals surface area (Å²) in [7, 11) is -2.50. The molecule has 0 amide bonds. The topological polar surface area (TPSA) is 81.5 Å². The van der Waals surface area contributed by atoms with E-state index in [1.807, 2.05) is 6.92 Å². The monoisotopic (exact) mass is 315 g/mol.